The lowest BCUT2D eigenvalue weighted by Gasteiger charge is -2.33. The molecule has 0 saturated heterocycles. The Bertz CT molecular complexity index is 1010. The summed E-state index contributed by atoms with van der Waals surface area (Å²) in [6.45, 7) is 2.45. The molecule has 0 aliphatic carbocycles. The van der Waals surface area contributed by atoms with E-state index in [-0.39, 0.29) is 6.04 Å². The van der Waals surface area contributed by atoms with Gasteiger partial charge in [-0.2, -0.15) is 0 Å². The molecular weight excluding hydrogens is 374 g/mol. The highest BCUT2D eigenvalue weighted by atomic mass is 16.5. The van der Waals surface area contributed by atoms with E-state index < -0.39 is 11.9 Å². The molecule has 1 aromatic carbocycles. The molecule has 0 N–H and O–H groups in total. The smallest absolute Gasteiger partial charge is 0.337 e. The second-order valence-corrected chi connectivity index (χ2v) is 6.66. The van der Waals surface area contributed by atoms with E-state index in [0.717, 1.165) is 17.1 Å². The summed E-state index contributed by atoms with van der Waals surface area (Å²) < 4.78 is 15.3. The zero-order valence-electron chi connectivity index (χ0n) is 16.4. The average molecular weight is 395 g/mol. The number of hydrogen-bond donors (Lipinski definition) is 0. The highest BCUT2D eigenvalue weighted by molar-refractivity contribution is 6.19. The number of hydrogen-bond acceptors (Lipinski definition) is 8. The van der Waals surface area contributed by atoms with Crippen LogP contribution in [0.3, 0.4) is 0 Å². The van der Waals surface area contributed by atoms with Crippen molar-refractivity contribution in [2.75, 3.05) is 24.0 Å². The lowest BCUT2D eigenvalue weighted by molar-refractivity contribution is -0.136. The Labute approximate surface area is 168 Å². The number of esters is 2. The van der Waals surface area contributed by atoms with Crippen LogP contribution in [0.4, 0.5) is 11.4 Å². The molecule has 0 spiro atoms. The Balaban J connectivity index is 1.84. The molecule has 150 valence electrons. The van der Waals surface area contributed by atoms with Gasteiger partial charge in [0.1, 0.15) is 5.76 Å². The van der Waals surface area contributed by atoms with Gasteiger partial charge < -0.3 is 23.7 Å². The van der Waals surface area contributed by atoms with Crippen molar-refractivity contribution in [3.63, 3.8) is 0 Å². The standard InChI is InChI=1S/C21H21N3O5/c1-4-16-15(20(26)28-3)11-22-21-23(12-14-6-5-9-29-14)17-8-7-13(19(25)27-2)10-18(17)24(16)21/h5-11,16H,4,12H2,1-3H3. The van der Waals surface area contributed by atoms with E-state index in [9.17, 15) is 9.59 Å². The van der Waals surface area contributed by atoms with E-state index >= 15 is 0 Å². The molecule has 2 aliphatic rings. The number of carbonyl (C=O) groups is 2. The molecule has 0 amide bonds. The second kappa shape index (κ2) is 7.46. The van der Waals surface area contributed by atoms with Gasteiger partial charge in [0, 0.05) is 6.20 Å². The van der Waals surface area contributed by atoms with Crippen molar-refractivity contribution < 1.29 is 23.5 Å². The molecule has 29 heavy (non-hydrogen) atoms. The molecule has 1 atom stereocenters. The van der Waals surface area contributed by atoms with Gasteiger partial charge in [0.2, 0.25) is 5.96 Å². The molecule has 0 radical (unpaired) electrons. The van der Waals surface area contributed by atoms with E-state index in [1.807, 2.05) is 34.9 Å². The first-order chi connectivity index (χ1) is 14.1. The third-order valence-electron chi connectivity index (χ3n) is 5.10. The van der Waals surface area contributed by atoms with Gasteiger partial charge in [0.25, 0.3) is 0 Å². The lowest BCUT2D eigenvalue weighted by Crippen LogP contribution is -2.48. The van der Waals surface area contributed by atoms with E-state index in [0.29, 0.717) is 30.1 Å². The SMILES string of the molecule is CCC1C(C(=O)OC)=CN=C2N(Cc3ccco3)c3ccc(C(=O)OC)cc3N21. The number of furan rings is 1. The summed E-state index contributed by atoms with van der Waals surface area (Å²) in [5.74, 6) is 0.589. The fourth-order valence-corrected chi connectivity index (χ4v) is 3.75. The summed E-state index contributed by atoms with van der Waals surface area (Å²) in [5.41, 5.74) is 2.54. The largest absolute Gasteiger partial charge is 0.467 e. The van der Waals surface area contributed by atoms with Crippen LogP contribution in [-0.2, 0) is 20.8 Å². The molecule has 2 aromatic rings. The van der Waals surface area contributed by atoms with Crippen LogP contribution in [0.2, 0.25) is 0 Å². The summed E-state index contributed by atoms with van der Waals surface area (Å²) in [5, 5.41) is 0. The fraction of sp³-hybridized carbons (Fsp3) is 0.286. The Morgan fingerprint density at radius 3 is 2.59 bits per heavy atom. The predicted molar refractivity (Wildman–Crippen MR) is 107 cm³/mol. The molecule has 1 unspecified atom stereocenters. The van der Waals surface area contributed by atoms with Crippen LogP contribution in [0.5, 0.6) is 0 Å². The number of anilines is 2. The molecule has 1 aromatic heterocycles. The topological polar surface area (TPSA) is 84.6 Å². The highest BCUT2D eigenvalue weighted by Gasteiger charge is 2.42. The number of fused-ring (bicyclic) bond motifs is 3. The first kappa shape index (κ1) is 18.8. The normalized spacial score (nSPS) is 17.3. The number of guanidine groups is 1. The number of ether oxygens (including phenoxy) is 2. The monoisotopic (exact) mass is 395 g/mol. The summed E-state index contributed by atoms with van der Waals surface area (Å²) in [4.78, 5) is 32.9. The number of rotatable bonds is 5. The van der Waals surface area contributed by atoms with Gasteiger partial charge >= 0.3 is 11.9 Å². The fourth-order valence-electron chi connectivity index (χ4n) is 3.75. The van der Waals surface area contributed by atoms with Crippen molar-refractivity contribution in [2.24, 2.45) is 4.99 Å². The predicted octanol–water partition coefficient (Wildman–Crippen LogP) is 3.10. The Morgan fingerprint density at radius 1 is 1.14 bits per heavy atom. The Hall–Kier alpha value is -3.55. The van der Waals surface area contributed by atoms with E-state index in [2.05, 4.69) is 4.99 Å². The van der Waals surface area contributed by atoms with Gasteiger partial charge in [-0.15, -0.1) is 0 Å². The third-order valence-corrected chi connectivity index (χ3v) is 5.10. The molecule has 3 heterocycles. The molecule has 0 bridgehead atoms. The number of methoxy groups -OCH3 is 2. The number of nitrogens with zero attached hydrogens (tertiary/aromatic N) is 3. The highest BCUT2D eigenvalue weighted by Crippen LogP contribution is 2.43. The van der Waals surface area contributed by atoms with Crippen LogP contribution in [0, 0.1) is 0 Å². The van der Waals surface area contributed by atoms with Crippen molar-refractivity contribution in [3.8, 4) is 0 Å². The van der Waals surface area contributed by atoms with Gasteiger partial charge in [0.15, 0.2) is 0 Å². The molecule has 0 saturated carbocycles. The maximum absolute atomic E-state index is 12.3. The van der Waals surface area contributed by atoms with Crippen molar-refractivity contribution >= 4 is 29.3 Å². The van der Waals surface area contributed by atoms with Crippen LogP contribution in [0.25, 0.3) is 0 Å². The van der Waals surface area contributed by atoms with Crippen molar-refractivity contribution in [1.29, 1.82) is 0 Å². The lowest BCUT2D eigenvalue weighted by atomic mass is 10.0. The second-order valence-electron chi connectivity index (χ2n) is 6.66. The summed E-state index contributed by atoms with van der Waals surface area (Å²) >= 11 is 0. The summed E-state index contributed by atoms with van der Waals surface area (Å²) in [6.07, 6.45) is 3.84. The minimum Gasteiger partial charge on any atom is -0.467 e. The van der Waals surface area contributed by atoms with Crippen LogP contribution in [-0.4, -0.2) is 38.2 Å². The quantitative estimate of drug-likeness (QED) is 0.719. The number of carbonyl (C=O) groups excluding carboxylic acids is 2. The molecular formula is C21H21N3O5. The molecule has 8 nitrogen and oxygen atoms in total. The Kier molecular flexibility index (Phi) is 4.84. The van der Waals surface area contributed by atoms with Crippen molar-refractivity contribution in [2.45, 2.75) is 25.9 Å². The van der Waals surface area contributed by atoms with Crippen molar-refractivity contribution in [3.05, 3.63) is 59.7 Å². The van der Waals surface area contributed by atoms with E-state index in [1.54, 1.807) is 24.6 Å². The van der Waals surface area contributed by atoms with Crippen LogP contribution < -0.4 is 9.80 Å². The minimum absolute atomic E-state index is 0.275. The van der Waals surface area contributed by atoms with Crippen LogP contribution >= 0.6 is 0 Å². The van der Waals surface area contributed by atoms with E-state index in [4.69, 9.17) is 13.9 Å². The molecule has 0 fully saturated rings. The first-order valence-corrected chi connectivity index (χ1v) is 9.26. The van der Waals surface area contributed by atoms with Gasteiger partial charge in [-0.3, -0.25) is 0 Å². The van der Waals surface area contributed by atoms with E-state index in [1.165, 1.54) is 14.2 Å². The summed E-state index contributed by atoms with van der Waals surface area (Å²) in [7, 11) is 2.70. The Morgan fingerprint density at radius 2 is 1.93 bits per heavy atom. The summed E-state index contributed by atoms with van der Waals surface area (Å²) in [6, 6.07) is 8.79. The van der Waals surface area contributed by atoms with Gasteiger partial charge in [-0.05, 0) is 36.8 Å². The molecule has 2 aliphatic heterocycles. The van der Waals surface area contributed by atoms with Gasteiger partial charge in [-0.1, -0.05) is 6.92 Å². The van der Waals surface area contributed by atoms with Crippen LogP contribution in [0.15, 0.2) is 57.8 Å². The maximum Gasteiger partial charge on any atom is 0.337 e. The zero-order chi connectivity index (χ0) is 20.5. The molecule has 8 heteroatoms. The number of aliphatic imine (C=N–C) groups is 1. The third kappa shape index (κ3) is 3.06. The van der Waals surface area contributed by atoms with Crippen LogP contribution in [0.1, 0.15) is 29.5 Å². The van der Waals surface area contributed by atoms with Crippen molar-refractivity contribution in [1.82, 2.24) is 0 Å². The minimum atomic E-state index is -0.426. The zero-order valence-corrected chi connectivity index (χ0v) is 16.4. The molecule has 4 rings (SSSR count). The average Bonchev–Trinajstić information content (AvgIpc) is 3.38. The van der Waals surface area contributed by atoms with Gasteiger partial charge in [0.05, 0.1) is 55.6 Å². The van der Waals surface area contributed by atoms with Gasteiger partial charge in [-0.25, -0.2) is 14.6 Å². The number of benzene rings is 1. The first-order valence-electron chi connectivity index (χ1n) is 9.26. The maximum atomic E-state index is 12.3.